The normalized spacial score (nSPS) is 12.4. The van der Waals surface area contributed by atoms with Crippen molar-refractivity contribution in [1.29, 1.82) is 0 Å². The Kier molecular flexibility index (Phi) is 4.38. The van der Waals surface area contributed by atoms with Crippen molar-refractivity contribution >= 4 is 11.6 Å². The van der Waals surface area contributed by atoms with E-state index in [1.807, 2.05) is 6.92 Å². The number of halogens is 2. The standard InChI is InChI=1S/C11H15ClFNO2/c1-6(14)4-7-5-8(12)9(13)11(16-3)10(7)15-2/h5-6H,4,14H2,1-3H3. The molecular weight excluding hydrogens is 233 g/mol. The highest BCUT2D eigenvalue weighted by Crippen LogP contribution is 2.38. The molecule has 0 fully saturated rings. The second-order valence-electron chi connectivity index (χ2n) is 3.58. The molecule has 1 atom stereocenters. The van der Waals surface area contributed by atoms with Crippen LogP contribution in [0.3, 0.4) is 0 Å². The molecule has 90 valence electrons. The Morgan fingerprint density at radius 3 is 2.38 bits per heavy atom. The highest BCUT2D eigenvalue weighted by atomic mass is 35.5. The van der Waals surface area contributed by atoms with Gasteiger partial charge in [0.1, 0.15) is 0 Å². The molecule has 1 aromatic carbocycles. The zero-order valence-corrected chi connectivity index (χ0v) is 10.3. The molecule has 1 unspecified atom stereocenters. The van der Waals surface area contributed by atoms with E-state index in [4.69, 9.17) is 26.8 Å². The lowest BCUT2D eigenvalue weighted by Crippen LogP contribution is -2.18. The first-order valence-corrected chi connectivity index (χ1v) is 5.23. The molecule has 0 aliphatic rings. The number of rotatable bonds is 4. The number of benzene rings is 1. The Morgan fingerprint density at radius 1 is 1.38 bits per heavy atom. The Morgan fingerprint density at radius 2 is 1.94 bits per heavy atom. The molecule has 0 radical (unpaired) electrons. The Labute approximate surface area is 99.3 Å². The number of nitrogens with two attached hydrogens (primary N) is 1. The van der Waals surface area contributed by atoms with Crippen LogP contribution < -0.4 is 15.2 Å². The lowest BCUT2D eigenvalue weighted by molar-refractivity contribution is 0.334. The lowest BCUT2D eigenvalue weighted by atomic mass is 10.1. The Bertz CT molecular complexity index is 383. The minimum absolute atomic E-state index is 0.00769. The van der Waals surface area contributed by atoms with Crippen LogP contribution >= 0.6 is 11.6 Å². The van der Waals surface area contributed by atoms with Crippen molar-refractivity contribution < 1.29 is 13.9 Å². The summed E-state index contributed by atoms with van der Waals surface area (Å²) >= 11 is 5.76. The summed E-state index contributed by atoms with van der Waals surface area (Å²) in [5.74, 6) is -0.248. The van der Waals surface area contributed by atoms with Gasteiger partial charge in [0.2, 0.25) is 0 Å². The van der Waals surface area contributed by atoms with Crippen molar-refractivity contribution in [3.8, 4) is 11.5 Å². The summed E-state index contributed by atoms with van der Waals surface area (Å²) < 4.78 is 23.7. The number of hydrogen-bond donors (Lipinski definition) is 1. The van der Waals surface area contributed by atoms with Crippen LogP contribution in [0.1, 0.15) is 12.5 Å². The van der Waals surface area contributed by atoms with Crippen LogP contribution in [0, 0.1) is 5.82 Å². The summed E-state index contributed by atoms with van der Waals surface area (Å²) in [6.45, 7) is 1.85. The van der Waals surface area contributed by atoms with E-state index < -0.39 is 5.82 Å². The van der Waals surface area contributed by atoms with Gasteiger partial charge in [-0.15, -0.1) is 0 Å². The van der Waals surface area contributed by atoms with E-state index in [1.54, 1.807) is 0 Å². The molecule has 0 spiro atoms. The van der Waals surface area contributed by atoms with Crippen molar-refractivity contribution in [3.05, 3.63) is 22.5 Å². The van der Waals surface area contributed by atoms with Crippen LogP contribution in [0.5, 0.6) is 11.5 Å². The Balaban J connectivity index is 3.31. The maximum Gasteiger partial charge on any atom is 0.198 e. The summed E-state index contributed by atoms with van der Waals surface area (Å²) in [5, 5.41) is 0.00769. The van der Waals surface area contributed by atoms with E-state index in [-0.39, 0.29) is 16.8 Å². The molecule has 0 saturated carbocycles. The minimum Gasteiger partial charge on any atom is -0.492 e. The van der Waals surface area contributed by atoms with Gasteiger partial charge in [-0.2, -0.15) is 0 Å². The third-order valence-electron chi connectivity index (χ3n) is 2.16. The molecule has 0 heterocycles. The second-order valence-corrected chi connectivity index (χ2v) is 3.99. The molecule has 16 heavy (non-hydrogen) atoms. The molecule has 1 aromatic rings. The van der Waals surface area contributed by atoms with E-state index in [0.717, 1.165) is 5.56 Å². The average Bonchev–Trinajstić information content (AvgIpc) is 2.21. The van der Waals surface area contributed by atoms with Gasteiger partial charge in [-0.05, 0) is 19.4 Å². The van der Waals surface area contributed by atoms with Crippen molar-refractivity contribution in [2.24, 2.45) is 5.73 Å². The summed E-state index contributed by atoms with van der Waals surface area (Å²) in [5.41, 5.74) is 6.43. The third-order valence-corrected chi connectivity index (χ3v) is 2.43. The quantitative estimate of drug-likeness (QED) is 0.889. The van der Waals surface area contributed by atoms with Crippen LogP contribution in [0.25, 0.3) is 0 Å². The molecule has 0 saturated heterocycles. The highest BCUT2D eigenvalue weighted by molar-refractivity contribution is 6.31. The fourth-order valence-electron chi connectivity index (χ4n) is 1.54. The molecule has 5 heteroatoms. The van der Waals surface area contributed by atoms with Crippen LogP contribution in [0.2, 0.25) is 5.02 Å². The van der Waals surface area contributed by atoms with Gasteiger partial charge in [0.05, 0.1) is 19.2 Å². The first-order valence-electron chi connectivity index (χ1n) is 4.85. The molecule has 1 rings (SSSR count). The lowest BCUT2D eigenvalue weighted by Gasteiger charge is -2.15. The van der Waals surface area contributed by atoms with Gasteiger partial charge in [0.25, 0.3) is 0 Å². The van der Waals surface area contributed by atoms with Gasteiger partial charge in [-0.1, -0.05) is 11.6 Å². The first-order chi connectivity index (χ1) is 7.51. The minimum atomic E-state index is -0.616. The van der Waals surface area contributed by atoms with Gasteiger partial charge in [0, 0.05) is 11.6 Å². The van der Waals surface area contributed by atoms with Crippen LogP contribution in [0.15, 0.2) is 6.07 Å². The van der Waals surface area contributed by atoms with E-state index in [0.29, 0.717) is 12.2 Å². The van der Waals surface area contributed by atoms with Crippen molar-refractivity contribution in [2.75, 3.05) is 14.2 Å². The zero-order chi connectivity index (χ0) is 12.3. The zero-order valence-electron chi connectivity index (χ0n) is 9.51. The molecule has 0 amide bonds. The Hall–Kier alpha value is -1.00. The fourth-order valence-corrected chi connectivity index (χ4v) is 1.76. The van der Waals surface area contributed by atoms with Crippen LogP contribution in [0.4, 0.5) is 4.39 Å². The highest BCUT2D eigenvalue weighted by Gasteiger charge is 2.19. The van der Waals surface area contributed by atoms with Gasteiger partial charge >= 0.3 is 0 Å². The number of hydrogen-bond acceptors (Lipinski definition) is 3. The van der Waals surface area contributed by atoms with E-state index in [2.05, 4.69) is 0 Å². The van der Waals surface area contributed by atoms with Crippen molar-refractivity contribution in [1.82, 2.24) is 0 Å². The molecule has 0 aliphatic heterocycles. The number of methoxy groups -OCH3 is 2. The largest absolute Gasteiger partial charge is 0.492 e. The number of ether oxygens (including phenoxy) is 2. The predicted octanol–water partition coefficient (Wildman–Crippen LogP) is 2.39. The third kappa shape index (κ3) is 2.57. The monoisotopic (exact) mass is 247 g/mol. The van der Waals surface area contributed by atoms with Gasteiger partial charge in [0.15, 0.2) is 17.3 Å². The SMILES string of the molecule is COc1c(CC(C)N)cc(Cl)c(F)c1OC. The fraction of sp³-hybridized carbons (Fsp3) is 0.455. The summed E-state index contributed by atoms with van der Waals surface area (Å²) in [7, 11) is 2.82. The summed E-state index contributed by atoms with van der Waals surface area (Å²) in [6.07, 6.45) is 0.541. The molecule has 0 aliphatic carbocycles. The predicted molar refractivity (Wildman–Crippen MR) is 61.9 cm³/mol. The average molecular weight is 248 g/mol. The smallest absolute Gasteiger partial charge is 0.198 e. The molecule has 0 bridgehead atoms. The molecular formula is C11H15ClFNO2. The maximum absolute atomic E-state index is 13.6. The van der Waals surface area contributed by atoms with Gasteiger partial charge < -0.3 is 15.2 Å². The van der Waals surface area contributed by atoms with E-state index >= 15 is 0 Å². The summed E-state index contributed by atoms with van der Waals surface area (Å²) in [4.78, 5) is 0. The van der Waals surface area contributed by atoms with E-state index in [9.17, 15) is 4.39 Å². The molecule has 3 nitrogen and oxygen atoms in total. The molecule has 2 N–H and O–H groups in total. The van der Waals surface area contributed by atoms with Crippen LogP contribution in [-0.4, -0.2) is 20.3 Å². The topological polar surface area (TPSA) is 44.5 Å². The van der Waals surface area contributed by atoms with Crippen molar-refractivity contribution in [3.63, 3.8) is 0 Å². The van der Waals surface area contributed by atoms with E-state index in [1.165, 1.54) is 20.3 Å². The van der Waals surface area contributed by atoms with Crippen molar-refractivity contribution in [2.45, 2.75) is 19.4 Å². The summed E-state index contributed by atoms with van der Waals surface area (Å²) in [6, 6.07) is 1.45. The first kappa shape index (κ1) is 13.1. The maximum atomic E-state index is 13.6. The second kappa shape index (κ2) is 5.37. The van der Waals surface area contributed by atoms with Gasteiger partial charge in [-0.3, -0.25) is 0 Å². The van der Waals surface area contributed by atoms with Crippen LogP contribution in [-0.2, 0) is 6.42 Å². The molecule has 0 aromatic heterocycles. The van der Waals surface area contributed by atoms with Gasteiger partial charge in [-0.25, -0.2) is 4.39 Å².